The molecule has 1 aliphatic heterocycles. The summed E-state index contributed by atoms with van der Waals surface area (Å²) in [6, 6.07) is 16.0. The Balaban J connectivity index is 1.62. The number of carbonyl (C=O) groups excluding carboxylic acids is 1. The summed E-state index contributed by atoms with van der Waals surface area (Å²) in [5.41, 5.74) is 5.80. The second-order valence-electron chi connectivity index (χ2n) is 7.07. The van der Waals surface area contributed by atoms with E-state index in [2.05, 4.69) is 41.3 Å². The van der Waals surface area contributed by atoms with E-state index < -0.39 is 0 Å². The Labute approximate surface area is 159 Å². The molecule has 0 spiro atoms. The van der Waals surface area contributed by atoms with Gasteiger partial charge in [-0.1, -0.05) is 35.9 Å². The van der Waals surface area contributed by atoms with Crippen LogP contribution in [-0.4, -0.2) is 21.9 Å². The van der Waals surface area contributed by atoms with Gasteiger partial charge < -0.3 is 10.2 Å². The van der Waals surface area contributed by atoms with Gasteiger partial charge in [0, 0.05) is 23.6 Å². The summed E-state index contributed by atoms with van der Waals surface area (Å²) in [5, 5.41) is 3.22. The Morgan fingerprint density at radius 3 is 2.78 bits per heavy atom. The Morgan fingerprint density at radius 1 is 1.15 bits per heavy atom. The normalized spacial score (nSPS) is 15.5. The van der Waals surface area contributed by atoms with Crippen LogP contribution < -0.4 is 10.2 Å². The number of para-hydroxylation sites is 1. The third-order valence-corrected chi connectivity index (χ3v) is 4.93. The molecular formula is C22H22N4O. The Morgan fingerprint density at radius 2 is 1.96 bits per heavy atom. The van der Waals surface area contributed by atoms with Crippen LogP contribution in [0.15, 0.2) is 54.7 Å². The molecule has 1 N–H and O–H groups in total. The lowest BCUT2D eigenvalue weighted by molar-refractivity contribution is 0.0976. The summed E-state index contributed by atoms with van der Waals surface area (Å²) < 4.78 is 0. The average Bonchev–Trinajstić information content (AvgIpc) is 2.99. The minimum absolute atomic E-state index is 0.0986. The van der Waals surface area contributed by atoms with E-state index in [0.717, 1.165) is 23.4 Å². The number of aromatic nitrogens is 2. The number of rotatable bonds is 3. The highest BCUT2D eigenvalue weighted by molar-refractivity contribution is 6.06. The average molecular weight is 358 g/mol. The van der Waals surface area contributed by atoms with Gasteiger partial charge in [-0.15, -0.1) is 0 Å². The maximum absolute atomic E-state index is 13.1. The highest BCUT2D eigenvalue weighted by Crippen LogP contribution is 2.33. The molecule has 27 heavy (non-hydrogen) atoms. The maximum Gasteiger partial charge on any atom is 0.277 e. The molecule has 4 rings (SSSR count). The second kappa shape index (κ2) is 6.83. The van der Waals surface area contributed by atoms with Crippen LogP contribution in [-0.2, 0) is 6.42 Å². The van der Waals surface area contributed by atoms with Crippen LogP contribution in [0.5, 0.6) is 0 Å². The minimum Gasteiger partial charge on any atom is -0.324 e. The molecule has 0 saturated carbocycles. The van der Waals surface area contributed by atoms with Crippen molar-refractivity contribution in [1.82, 2.24) is 9.97 Å². The number of hydrogen-bond donors (Lipinski definition) is 1. The Kier molecular flexibility index (Phi) is 4.36. The lowest BCUT2D eigenvalue weighted by atomic mass is 10.1. The first kappa shape index (κ1) is 17.2. The van der Waals surface area contributed by atoms with Crippen molar-refractivity contribution in [2.45, 2.75) is 33.2 Å². The first-order chi connectivity index (χ1) is 13.0. The Bertz CT molecular complexity index is 1010. The molecule has 0 bridgehead atoms. The summed E-state index contributed by atoms with van der Waals surface area (Å²) >= 11 is 0. The predicted molar refractivity (Wildman–Crippen MR) is 108 cm³/mol. The number of fused-ring (bicyclic) bond motifs is 1. The van der Waals surface area contributed by atoms with Gasteiger partial charge in [0.2, 0.25) is 5.95 Å². The van der Waals surface area contributed by atoms with E-state index in [4.69, 9.17) is 0 Å². The van der Waals surface area contributed by atoms with Crippen molar-refractivity contribution in [3.8, 4) is 0 Å². The van der Waals surface area contributed by atoms with E-state index in [-0.39, 0.29) is 11.9 Å². The molecule has 0 saturated heterocycles. The fourth-order valence-corrected chi connectivity index (χ4v) is 3.61. The molecule has 5 nitrogen and oxygen atoms in total. The van der Waals surface area contributed by atoms with Gasteiger partial charge in [-0.2, -0.15) is 0 Å². The Hall–Kier alpha value is -3.21. The topological polar surface area (TPSA) is 58.1 Å². The molecule has 5 heteroatoms. The molecule has 1 aliphatic rings. The molecule has 2 heterocycles. The zero-order valence-corrected chi connectivity index (χ0v) is 15.7. The van der Waals surface area contributed by atoms with E-state index in [1.807, 2.05) is 42.2 Å². The number of aryl methyl sites for hydroxylation is 2. The largest absolute Gasteiger partial charge is 0.324 e. The van der Waals surface area contributed by atoms with Gasteiger partial charge >= 0.3 is 0 Å². The fraction of sp³-hybridized carbons (Fsp3) is 0.227. The highest BCUT2D eigenvalue weighted by atomic mass is 16.2. The SMILES string of the molecule is Cc1ccc(Nc2nccc(C(=O)N3c4ccccc4CC3C)n2)c(C)c1. The van der Waals surface area contributed by atoms with Crippen molar-refractivity contribution in [3.63, 3.8) is 0 Å². The van der Waals surface area contributed by atoms with Crippen molar-refractivity contribution in [1.29, 1.82) is 0 Å². The van der Waals surface area contributed by atoms with Crippen molar-refractivity contribution in [3.05, 3.63) is 77.1 Å². The molecule has 2 aromatic carbocycles. The third-order valence-electron chi connectivity index (χ3n) is 4.93. The van der Waals surface area contributed by atoms with Crippen molar-refractivity contribution in [2.75, 3.05) is 10.2 Å². The molecule has 0 aliphatic carbocycles. The van der Waals surface area contributed by atoms with Gasteiger partial charge in [0.25, 0.3) is 5.91 Å². The van der Waals surface area contributed by atoms with Crippen molar-refractivity contribution < 1.29 is 4.79 Å². The van der Waals surface area contributed by atoms with Crippen LogP contribution in [0.3, 0.4) is 0 Å². The van der Waals surface area contributed by atoms with Gasteiger partial charge in [-0.3, -0.25) is 4.79 Å². The van der Waals surface area contributed by atoms with Crippen LogP contribution in [0.1, 0.15) is 34.1 Å². The molecule has 1 atom stereocenters. The fourth-order valence-electron chi connectivity index (χ4n) is 3.61. The second-order valence-corrected chi connectivity index (χ2v) is 7.07. The molecule has 1 amide bonds. The molecule has 1 aromatic heterocycles. The molecule has 136 valence electrons. The summed E-state index contributed by atoms with van der Waals surface area (Å²) in [5.74, 6) is 0.325. The summed E-state index contributed by atoms with van der Waals surface area (Å²) in [4.78, 5) is 23.7. The van der Waals surface area contributed by atoms with E-state index in [9.17, 15) is 4.79 Å². The molecule has 0 radical (unpaired) electrons. The number of amides is 1. The third kappa shape index (κ3) is 3.28. The standard InChI is InChI=1S/C22H22N4O/c1-14-8-9-18(15(2)12-14)24-22-23-11-10-19(25-22)21(27)26-16(3)13-17-6-4-5-7-20(17)26/h4-12,16H,13H2,1-3H3,(H,23,24,25). The summed E-state index contributed by atoms with van der Waals surface area (Å²) in [6.07, 6.45) is 2.49. The molecular weight excluding hydrogens is 336 g/mol. The summed E-state index contributed by atoms with van der Waals surface area (Å²) in [6.45, 7) is 6.16. The quantitative estimate of drug-likeness (QED) is 0.752. The van der Waals surface area contributed by atoms with E-state index in [1.165, 1.54) is 11.1 Å². The number of anilines is 3. The number of benzene rings is 2. The minimum atomic E-state index is -0.0986. The van der Waals surface area contributed by atoms with Crippen LogP contribution in [0.25, 0.3) is 0 Å². The van der Waals surface area contributed by atoms with Gasteiger partial charge in [0.15, 0.2) is 0 Å². The van der Waals surface area contributed by atoms with Crippen molar-refractivity contribution >= 4 is 23.2 Å². The number of hydrogen-bond acceptors (Lipinski definition) is 4. The number of nitrogens with one attached hydrogen (secondary N) is 1. The van der Waals surface area contributed by atoms with E-state index in [0.29, 0.717) is 11.6 Å². The first-order valence-electron chi connectivity index (χ1n) is 9.12. The smallest absolute Gasteiger partial charge is 0.277 e. The van der Waals surface area contributed by atoms with E-state index >= 15 is 0 Å². The molecule has 0 fully saturated rings. The van der Waals surface area contributed by atoms with Gasteiger partial charge in [-0.05, 0) is 56.5 Å². The monoisotopic (exact) mass is 358 g/mol. The van der Waals surface area contributed by atoms with Gasteiger partial charge in [0.05, 0.1) is 0 Å². The highest BCUT2D eigenvalue weighted by Gasteiger charge is 2.31. The van der Waals surface area contributed by atoms with Crippen LogP contribution in [0, 0.1) is 13.8 Å². The maximum atomic E-state index is 13.1. The van der Waals surface area contributed by atoms with Crippen LogP contribution in [0.2, 0.25) is 0 Å². The van der Waals surface area contributed by atoms with Crippen LogP contribution in [0.4, 0.5) is 17.3 Å². The molecule has 1 unspecified atom stereocenters. The summed E-state index contributed by atoms with van der Waals surface area (Å²) in [7, 11) is 0. The van der Waals surface area contributed by atoms with E-state index in [1.54, 1.807) is 12.3 Å². The van der Waals surface area contributed by atoms with Crippen LogP contribution >= 0.6 is 0 Å². The predicted octanol–water partition coefficient (Wildman–Crippen LogP) is 4.43. The zero-order valence-electron chi connectivity index (χ0n) is 15.7. The van der Waals surface area contributed by atoms with Gasteiger partial charge in [-0.25, -0.2) is 9.97 Å². The zero-order chi connectivity index (χ0) is 19.0. The van der Waals surface area contributed by atoms with Gasteiger partial charge in [0.1, 0.15) is 5.69 Å². The molecule has 3 aromatic rings. The number of nitrogens with zero attached hydrogens (tertiary/aromatic N) is 3. The first-order valence-corrected chi connectivity index (χ1v) is 9.12. The number of carbonyl (C=O) groups is 1. The lowest BCUT2D eigenvalue weighted by Gasteiger charge is -2.22. The lowest BCUT2D eigenvalue weighted by Crippen LogP contribution is -2.36. The van der Waals surface area contributed by atoms with Crippen molar-refractivity contribution in [2.24, 2.45) is 0 Å².